The summed E-state index contributed by atoms with van der Waals surface area (Å²) in [5.41, 5.74) is 1.41. The Kier molecular flexibility index (Phi) is 5.03. The third kappa shape index (κ3) is 3.45. The van der Waals surface area contributed by atoms with Crippen LogP contribution in [0.15, 0.2) is 22.7 Å². The van der Waals surface area contributed by atoms with E-state index >= 15 is 0 Å². The first-order chi connectivity index (χ1) is 10.1. The molecular formula is C13H13BrFN3O3. The summed E-state index contributed by atoms with van der Waals surface area (Å²) in [7, 11) is 2.78. The van der Waals surface area contributed by atoms with E-state index in [1.807, 2.05) is 0 Å². The van der Waals surface area contributed by atoms with Gasteiger partial charge in [-0.15, -0.1) is 5.10 Å². The first-order valence-electron chi connectivity index (χ1n) is 6.00. The highest BCUT2D eigenvalue weighted by Crippen LogP contribution is 2.20. The van der Waals surface area contributed by atoms with Crippen molar-refractivity contribution in [2.75, 3.05) is 14.2 Å². The Labute approximate surface area is 129 Å². The zero-order chi connectivity index (χ0) is 15.4. The standard InChI is InChI=1S/C13H13BrFN3O3/c1-20-7-11-12(13(19)21-2)16-17-18(11)6-8-3-4-9(15)5-10(8)14/h3-5H,6-7H2,1-2H3. The van der Waals surface area contributed by atoms with Gasteiger partial charge in [-0.05, 0) is 17.7 Å². The molecule has 0 N–H and O–H groups in total. The molecule has 21 heavy (non-hydrogen) atoms. The van der Waals surface area contributed by atoms with Gasteiger partial charge in [0.2, 0.25) is 0 Å². The lowest BCUT2D eigenvalue weighted by atomic mass is 10.2. The summed E-state index contributed by atoms with van der Waals surface area (Å²) >= 11 is 3.29. The van der Waals surface area contributed by atoms with Crippen LogP contribution >= 0.6 is 15.9 Å². The van der Waals surface area contributed by atoms with Crippen LogP contribution in [0.4, 0.5) is 4.39 Å². The van der Waals surface area contributed by atoms with Crippen LogP contribution in [0, 0.1) is 5.82 Å². The molecule has 0 spiro atoms. The van der Waals surface area contributed by atoms with Gasteiger partial charge in [0.1, 0.15) is 5.82 Å². The molecule has 0 aliphatic heterocycles. The molecule has 1 heterocycles. The van der Waals surface area contributed by atoms with Gasteiger partial charge in [0.15, 0.2) is 5.69 Å². The summed E-state index contributed by atoms with van der Waals surface area (Å²) in [5, 5.41) is 7.75. The predicted molar refractivity (Wildman–Crippen MR) is 75.3 cm³/mol. The lowest BCUT2D eigenvalue weighted by Gasteiger charge is -2.08. The van der Waals surface area contributed by atoms with E-state index in [1.165, 1.54) is 31.0 Å². The lowest BCUT2D eigenvalue weighted by molar-refractivity contribution is 0.0588. The molecule has 1 aromatic carbocycles. The SMILES string of the molecule is COCc1c(C(=O)OC)nnn1Cc1ccc(F)cc1Br. The maximum absolute atomic E-state index is 13.1. The van der Waals surface area contributed by atoms with Crippen molar-refractivity contribution >= 4 is 21.9 Å². The maximum atomic E-state index is 13.1. The van der Waals surface area contributed by atoms with Crippen molar-refractivity contribution in [3.05, 3.63) is 45.4 Å². The van der Waals surface area contributed by atoms with Crippen molar-refractivity contribution in [2.24, 2.45) is 0 Å². The van der Waals surface area contributed by atoms with E-state index < -0.39 is 5.97 Å². The second-order valence-electron chi connectivity index (χ2n) is 4.20. The molecule has 0 radical (unpaired) electrons. The average molecular weight is 358 g/mol. The number of nitrogens with zero attached hydrogens (tertiary/aromatic N) is 3. The summed E-state index contributed by atoms with van der Waals surface area (Å²) in [6.45, 7) is 0.486. The van der Waals surface area contributed by atoms with Gasteiger partial charge in [-0.3, -0.25) is 0 Å². The van der Waals surface area contributed by atoms with E-state index in [0.717, 1.165) is 5.56 Å². The largest absolute Gasteiger partial charge is 0.464 e. The van der Waals surface area contributed by atoms with Crippen LogP contribution in [0.3, 0.4) is 0 Å². The fraction of sp³-hybridized carbons (Fsp3) is 0.308. The number of carbonyl (C=O) groups is 1. The van der Waals surface area contributed by atoms with Crippen LogP contribution in [0.2, 0.25) is 0 Å². The molecule has 0 aliphatic rings. The van der Waals surface area contributed by atoms with Crippen molar-refractivity contribution in [1.29, 1.82) is 0 Å². The molecule has 112 valence electrons. The van der Waals surface area contributed by atoms with Crippen LogP contribution in [0.1, 0.15) is 21.7 Å². The molecule has 0 aliphatic carbocycles. The normalized spacial score (nSPS) is 10.7. The Morgan fingerprint density at radius 1 is 1.43 bits per heavy atom. The van der Waals surface area contributed by atoms with E-state index in [2.05, 4.69) is 31.0 Å². The van der Waals surface area contributed by atoms with Gasteiger partial charge in [0.05, 0.1) is 26.0 Å². The summed E-state index contributed by atoms with van der Waals surface area (Å²) in [6.07, 6.45) is 0. The number of carbonyl (C=O) groups excluding carboxylic acids is 1. The first-order valence-corrected chi connectivity index (χ1v) is 6.79. The monoisotopic (exact) mass is 357 g/mol. The Bertz CT molecular complexity index is 660. The zero-order valence-electron chi connectivity index (χ0n) is 11.5. The number of halogens is 2. The van der Waals surface area contributed by atoms with Crippen LogP contribution in [0.25, 0.3) is 0 Å². The third-order valence-electron chi connectivity index (χ3n) is 2.83. The Hall–Kier alpha value is -1.80. The van der Waals surface area contributed by atoms with E-state index in [0.29, 0.717) is 16.7 Å². The van der Waals surface area contributed by atoms with Gasteiger partial charge >= 0.3 is 5.97 Å². The fourth-order valence-electron chi connectivity index (χ4n) is 1.81. The van der Waals surface area contributed by atoms with Crippen LogP contribution in [-0.2, 0) is 22.6 Å². The highest BCUT2D eigenvalue weighted by Gasteiger charge is 2.20. The van der Waals surface area contributed by atoms with Crippen molar-refractivity contribution in [3.8, 4) is 0 Å². The van der Waals surface area contributed by atoms with Gasteiger partial charge in [-0.25, -0.2) is 13.9 Å². The summed E-state index contributed by atoms with van der Waals surface area (Å²) in [5.74, 6) is -0.914. The lowest BCUT2D eigenvalue weighted by Crippen LogP contribution is -2.11. The highest BCUT2D eigenvalue weighted by molar-refractivity contribution is 9.10. The van der Waals surface area contributed by atoms with Gasteiger partial charge in [0, 0.05) is 11.6 Å². The third-order valence-corrected chi connectivity index (χ3v) is 3.57. The molecular weight excluding hydrogens is 345 g/mol. The molecule has 8 heteroatoms. The highest BCUT2D eigenvalue weighted by atomic mass is 79.9. The number of hydrogen-bond donors (Lipinski definition) is 0. The molecule has 0 saturated carbocycles. The average Bonchev–Trinajstić information content (AvgIpc) is 2.84. The molecule has 0 fully saturated rings. The molecule has 2 rings (SSSR count). The topological polar surface area (TPSA) is 66.2 Å². The molecule has 0 amide bonds. The molecule has 0 atom stereocenters. The number of benzene rings is 1. The minimum Gasteiger partial charge on any atom is -0.464 e. The first kappa shape index (κ1) is 15.6. The molecule has 6 nitrogen and oxygen atoms in total. The molecule has 0 unspecified atom stereocenters. The number of hydrogen-bond acceptors (Lipinski definition) is 5. The smallest absolute Gasteiger partial charge is 0.360 e. The van der Waals surface area contributed by atoms with Gasteiger partial charge in [-0.2, -0.15) is 0 Å². The van der Waals surface area contributed by atoms with E-state index in [9.17, 15) is 9.18 Å². The number of ether oxygens (including phenoxy) is 2. The van der Waals surface area contributed by atoms with Gasteiger partial charge < -0.3 is 9.47 Å². The van der Waals surface area contributed by atoms with Crippen LogP contribution in [-0.4, -0.2) is 35.2 Å². The zero-order valence-corrected chi connectivity index (χ0v) is 13.1. The molecule has 0 bridgehead atoms. The number of aromatic nitrogens is 3. The Morgan fingerprint density at radius 3 is 2.81 bits per heavy atom. The Morgan fingerprint density at radius 2 is 2.19 bits per heavy atom. The van der Waals surface area contributed by atoms with Crippen LogP contribution in [0.5, 0.6) is 0 Å². The number of methoxy groups -OCH3 is 2. The fourth-order valence-corrected chi connectivity index (χ4v) is 2.28. The van der Waals surface area contributed by atoms with Crippen molar-refractivity contribution in [3.63, 3.8) is 0 Å². The minimum absolute atomic E-state index is 0.109. The van der Waals surface area contributed by atoms with Crippen molar-refractivity contribution in [2.45, 2.75) is 13.2 Å². The molecule has 2 aromatic rings. The van der Waals surface area contributed by atoms with E-state index in [1.54, 1.807) is 6.07 Å². The summed E-state index contributed by atoms with van der Waals surface area (Å²) in [6, 6.07) is 4.35. The Balaban J connectivity index is 2.35. The number of esters is 1. The van der Waals surface area contributed by atoms with Crippen molar-refractivity contribution < 1.29 is 18.7 Å². The molecule has 1 aromatic heterocycles. The summed E-state index contributed by atoms with van der Waals surface area (Å²) in [4.78, 5) is 11.6. The quantitative estimate of drug-likeness (QED) is 0.767. The van der Waals surface area contributed by atoms with Gasteiger partial charge in [0.25, 0.3) is 0 Å². The predicted octanol–water partition coefficient (Wildman–Crippen LogP) is 2.16. The van der Waals surface area contributed by atoms with Gasteiger partial charge in [-0.1, -0.05) is 27.2 Å². The molecule has 0 saturated heterocycles. The van der Waals surface area contributed by atoms with Crippen molar-refractivity contribution in [1.82, 2.24) is 15.0 Å². The second kappa shape index (κ2) is 6.77. The van der Waals surface area contributed by atoms with E-state index in [-0.39, 0.29) is 18.1 Å². The van der Waals surface area contributed by atoms with Crippen LogP contribution < -0.4 is 0 Å². The van der Waals surface area contributed by atoms with E-state index in [4.69, 9.17) is 4.74 Å². The summed E-state index contributed by atoms with van der Waals surface area (Å²) < 4.78 is 25.0. The minimum atomic E-state index is -0.577. The second-order valence-corrected chi connectivity index (χ2v) is 5.06. The maximum Gasteiger partial charge on any atom is 0.360 e. The number of rotatable bonds is 5.